The molecule has 0 spiro atoms. The number of hydrogen-bond donors (Lipinski definition) is 2. The van der Waals surface area contributed by atoms with Gasteiger partial charge in [0.1, 0.15) is 0 Å². The van der Waals surface area contributed by atoms with Gasteiger partial charge in [-0.1, -0.05) is 17.7 Å². The first-order chi connectivity index (χ1) is 11.8. The summed E-state index contributed by atoms with van der Waals surface area (Å²) in [7, 11) is -3.63. The number of rotatable bonds is 7. The molecule has 0 heterocycles. The molecule has 6 nitrogen and oxygen atoms in total. The van der Waals surface area contributed by atoms with E-state index >= 15 is 0 Å². The van der Waals surface area contributed by atoms with Crippen LogP contribution in [0.3, 0.4) is 0 Å². The van der Waals surface area contributed by atoms with E-state index in [1.807, 2.05) is 6.92 Å². The van der Waals surface area contributed by atoms with Crippen molar-refractivity contribution in [1.29, 1.82) is 0 Å². The Morgan fingerprint density at radius 3 is 2.12 bits per heavy atom. The van der Waals surface area contributed by atoms with Gasteiger partial charge >= 0.3 is 0 Å². The summed E-state index contributed by atoms with van der Waals surface area (Å²) in [6, 6.07) is 13.0. The smallest absolute Gasteiger partial charge is 0.240 e. The highest BCUT2D eigenvalue weighted by atomic mass is 32.2. The van der Waals surface area contributed by atoms with Gasteiger partial charge in [0.25, 0.3) is 0 Å². The molecule has 0 radical (unpaired) electrons. The summed E-state index contributed by atoms with van der Waals surface area (Å²) in [5.74, 6) is -0.370. The largest absolute Gasteiger partial charge is 0.326 e. The number of carbonyl (C=O) groups is 2. The van der Waals surface area contributed by atoms with E-state index in [4.69, 9.17) is 0 Å². The summed E-state index contributed by atoms with van der Waals surface area (Å²) in [5, 5.41) is 2.66. The normalized spacial score (nSPS) is 11.1. The molecular weight excluding hydrogens is 340 g/mol. The van der Waals surface area contributed by atoms with Crippen LogP contribution in [-0.4, -0.2) is 26.7 Å². The summed E-state index contributed by atoms with van der Waals surface area (Å²) in [6.45, 7) is 3.33. The number of aryl methyl sites for hydroxylation is 1. The van der Waals surface area contributed by atoms with Gasteiger partial charge in [0.15, 0.2) is 5.78 Å². The van der Waals surface area contributed by atoms with Crippen molar-refractivity contribution < 1.29 is 18.0 Å². The van der Waals surface area contributed by atoms with Crippen LogP contribution in [0.15, 0.2) is 53.4 Å². The second kappa shape index (κ2) is 8.04. The minimum atomic E-state index is -3.63. The topological polar surface area (TPSA) is 92.3 Å². The third-order valence-corrected chi connectivity index (χ3v) is 5.03. The molecular formula is C18H20N2O4S. The van der Waals surface area contributed by atoms with Crippen LogP contribution in [0.4, 0.5) is 5.69 Å². The van der Waals surface area contributed by atoms with Gasteiger partial charge in [0, 0.05) is 24.2 Å². The van der Waals surface area contributed by atoms with E-state index in [-0.39, 0.29) is 29.6 Å². The van der Waals surface area contributed by atoms with Gasteiger partial charge in [-0.2, -0.15) is 0 Å². The first-order valence-electron chi connectivity index (χ1n) is 7.75. The van der Waals surface area contributed by atoms with Crippen LogP contribution in [0.1, 0.15) is 29.3 Å². The zero-order valence-electron chi connectivity index (χ0n) is 14.1. The summed E-state index contributed by atoms with van der Waals surface area (Å²) in [4.78, 5) is 23.2. The molecule has 2 rings (SSSR count). The van der Waals surface area contributed by atoms with Crippen LogP contribution in [0.2, 0.25) is 0 Å². The fourth-order valence-corrected chi connectivity index (χ4v) is 3.14. The predicted molar refractivity (Wildman–Crippen MR) is 96.1 cm³/mol. The highest BCUT2D eigenvalue weighted by Crippen LogP contribution is 2.11. The average Bonchev–Trinajstić information content (AvgIpc) is 2.55. The molecule has 0 saturated carbocycles. The number of carbonyl (C=O) groups excluding carboxylic acids is 2. The molecule has 2 aromatic rings. The zero-order chi connectivity index (χ0) is 18.4. The lowest BCUT2D eigenvalue weighted by atomic mass is 10.1. The number of amides is 1. The fourth-order valence-electron chi connectivity index (χ4n) is 2.11. The van der Waals surface area contributed by atoms with Gasteiger partial charge in [-0.25, -0.2) is 13.1 Å². The Bertz CT molecular complexity index is 857. The van der Waals surface area contributed by atoms with E-state index in [9.17, 15) is 18.0 Å². The summed E-state index contributed by atoms with van der Waals surface area (Å²) in [6.07, 6.45) is -0.000445. The van der Waals surface area contributed by atoms with Crippen LogP contribution in [0.5, 0.6) is 0 Å². The molecule has 0 aliphatic carbocycles. The van der Waals surface area contributed by atoms with Crippen molar-refractivity contribution in [1.82, 2.24) is 4.72 Å². The molecule has 0 aliphatic heterocycles. The standard InChI is InChI=1S/C18H20N2O4S/c1-13-3-9-17(10-4-13)25(23,24)19-12-11-18(22)20-16-7-5-15(6-8-16)14(2)21/h3-10,19H,11-12H2,1-2H3,(H,20,22). The van der Waals surface area contributed by atoms with Gasteiger partial charge in [-0.05, 0) is 50.2 Å². The van der Waals surface area contributed by atoms with Crippen LogP contribution in [0.25, 0.3) is 0 Å². The van der Waals surface area contributed by atoms with Crippen LogP contribution in [-0.2, 0) is 14.8 Å². The Labute approximate surface area is 147 Å². The highest BCUT2D eigenvalue weighted by Gasteiger charge is 2.13. The van der Waals surface area contributed by atoms with Crippen molar-refractivity contribution in [2.45, 2.75) is 25.2 Å². The van der Waals surface area contributed by atoms with Crippen molar-refractivity contribution in [3.63, 3.8) is 0 Å². The number of ketones is 1. The highest BCUT2D eigenvalue weighted by molar-refractivity contribution is 7.89. The van der Waals surface area contributed by atoms with Crippen LogP contribution < -0.4 is 10.0 Å². The molecule has 25 heavy (non-hydrogen) atoms. The van der Waals surface area contributed by atoms with E-state index in [1.165, 1.54) is 19.1 Å². The van der Waals surface area contributed by atoms with Crippen molar-refractivity contribution >= 4 is 27.4 Å². The molecule has 0 fully saturated rings. The second-order valence-electron chi connectivity index (χ2n) is 5.64. The minimum absolute atomic E-state index is 0.000445. The summed E-state index contributed by atoms with van der Waals surface area (Å²) < 4.78 is 26.6. The SMILES string of the molecule is CC(=O)c1ccc(NC(=O)CCNS(=O)(=O)c2ccc(C)cc2)cc1. The number of nitrogens with one attached hydrogen (secondary N) is 2. The third-order valence-electron chi connectivity index (χ3n) is 3.55. The van der Waals surface area contributed by atoms with E-state index in [1.54, 1.807) is 36.4 Å². The molecule has 132 valence electrons. The van der Waals surface area contributed by atoms with E-state index in [2.05, 4.69) is 10.0 Å². The van der Waals surface area contributed by atoms with Gasteiger partial charge < -0.3 is 5.32 Å². The predicted octanol–water partition coefficient (Wildman–Crippen LogP) is 2.50. The third kappa shape index (κ3) is 5.51. The molecule has 0 atom stereocenters. The summed E-state index contributed by atoms with van der Waals surface area (Å²) >= 11 is 0. The first kappa shape index (κ1) is 18.8. The fraction of sp³-hybridized carbons (Fsp3) is 0.222. The van der Waals surface area contributed by atoms with Crippen molar-refractivity contribution in [2.75, 3.05) is 11.9 Å². The Morgan fingerprint density at radius 1 is 0.960 bits per heavy atom. The monoisotopic (exact) mass is 360 g/mol. The molecule has 2 aromatic carbocycles. The van der Waals surface area contributed by atoms with Gasteiger partial charge in [-0.15, -0.1) is 0 Å². The van der Waals surface area contributed by atoms with Crippen LogP contribution in [0, 0.1) is 6.92 Å². The van der Waals surface area contributed by atoms with Crippen LogP contribution >= 0.6 is 0 Å². The van der Waals surface area contributed by atoms with Crippen molar-refractivity contribution in [2.24, 2.45) is 0 Å². The minimum Gasteiger partial charge on any atom is -0.326 e. The molecule has 7 heteroatoms. The maximum Gasteiger partial charge on any atom is 0.240 e. The first-order valence-corrected chi connectivity index (χ1v) is 9.23. The maximum atomic E-state index is 12.1. The number of sulfonamides is 1. The Balaban J connectivity index is 1.85. The lowest BCUT2D eigenvalue weighted by molar-refractivity contribution is -0.116. The molecule has 2 N–H and O–H groups in total. The van der Waals surface area contributed by atoms with Crippen molar-refractivity contribution in [3.05, 3.63) is 59.7 Å². The van der Waals surface area contributed by atoms with Gasteiger partial charge in [0.05, 0.1) is 4.90 Å². The Hall–Kier alpha value is -2.51. The van der Waals surface area contributed by atoms with E-state index in [0.717, 1.165) is 5.56 Å². The van der Waals surface area contributed by atoms with Crippen molar-refractivity contribution in [3.8, 4) is 0 Å². The number of hydrogen-bond acceptors (Lipinski definition) is 4. The lowest BCUT2D eigenvalue weighted by Crippen LogP contribution is -2.27. The van der Waals surface area contributed by atoms with E-state index in [0.29, 0.717) is 11.3 Å². The quantitative estimate of drug-likeness (QED) is 0.742. The van der Waals surface area contributed by atoms with E-state index < -0.39 is 10.0 Å². The Morgan fingerprint density at radius 2 is 1.56 bits per heavy atom. The summed E-state index contributed by atoms with van der Waals surface area (Å²) in [5.41, 5.74) is 2.08. The molecule has 1 amide bonds. The van der Waals surface area contributed by atoms with Gasteiger partial charge in [-0.3, -0.25) is 9.59 Å². The molecule has 0 aromatic heterocycles. The second-order valence-corrected chi connectivity index (χ2v) is 7.41. The lowest BCUT2D eigenvalue weighted by Gasteiger charge is -2.08. The molecule has 0 bridgehead atoms. The Kier molecular flexibility index (Phi) is 6.06. The number of benzene rings is 2. The molecule has 0 aliphatic rings. The number of Topliss-reactive ketones (excluding diaryl/α,β-unsaturated/α-hetero) is 1. The maximum absolute atomic E-state index is 12.1. The average molecular weight is 360 g/mol. The zero-order valence-corrected chi connectivity index (χ0v) is 14.9. The van der Waals surface area contributed by atoms with Gasteiger partial charge in [0.2, 0.25) is 15.9 Å². The molecule has 0 unspecified atom stereocenters. The number of anilines is 1. The molecule has 0 saturated heterocycles.